The molecule has 4 rings (SSSR count). The van der Waals surface area contributed by atoms with Gasteiger partial charge in [-0.2, -0.15) is 0 Å². The first kappa shape index (κ1) is 17.9. The van der Waals surface area contributed by atoms with E-state index < -0.39 is 23.1 Å². The molecule has 1 aliphatic heterocycles. The van der Waals surface area contributed by atoms with Gasteiger partial charge in [-0.05, 0) is 43.2 Å². The minimum atomic E-state index is -0.820. The third-order valence-corrected chi connectivity index (χ3v) is 6.17. The fraction of sp³-hybridized carbons (Fsp3) is 0.300. The molecule has 3 aromatic rings. The van der Waals surface area contributed by atoms with E-state index in [1.165, 1.54) is 22.1 Å². The molecule has 7 heteroatoms. The Balaban J connectivity index is 1.51. The van der Waals surface area contributed by atoms with E-state index in [1.54, 1.807) is 11.3 Å². The van der Waals surface area contributed by atoms with Gasteiger partial charge in [0.25, 0.3) is 5.91 Å². The topological polar surface area (TPSA) is 36.4 Å². The van der Waals surface area contributed by atoms with Crippen LogP contribution in [0, 0.1) is 25.5 Å². The molecule has 1 saturated heterocycles. The third-order valence-electron chi connectivity index (χ3n) is 5.09. The molecule has 2 heterocycles. The number of nitrogens with zero attached hydrogens (tertiary/aromatic N) is 3. The van der Waals surface area contributed by atoms with E-state index in [1.807, 2.05) is 0 Å². The zero-order chi connectivity index (χ0) is 19.1. The summed E-state index contributed by atoms with van der Waals surface area (Å²) in [4.78, 5) is 20.9. The van der Waals surface area contributed by atoms with Crippen molar-refractivity contribution in [2.45, 2.75) is 13.8 Å². The Morgan fingerprint density at radius 3 is 2.37 bits per heavy atom. The number of aryl methyl sites for hydroxylation is 2. The summed E-state index contributed by atoms with van der Waals surface area (Å²) in [6.07, 6.45) is 0. The van der Waals surface area contributed by atoms with Gasteiger partial charge in [0, 0.05) is 26.2 Å². The highest BCUT2D eigenvalue weighted by molar-refractivity contribution is 7.22. The lowest BCUT2D eigenvalue weighted by molar-refractivity contribution is 0.0737. The van der Waals surface area contributed by atoms with E-state index in [4.69, 9.17) is 4.98 Å². The number of halogens is 2. The summed E-state index contributed by atoms with van der Waals surface area (Å²) in [7, 11) is 0. The van der Waals surface area contributed by atoms with Crippen molar-refractivity contribution in [1.82, 2.24) is 9.88 Å². The maximum atomic E-state index is 13.9. The molecule has 0 bridgehead atoms. The molecule has 1 aliphatic rings. The highest BCUT2D eigenvalue weighted by Gasteiger charge is 2.27. The van der Waals surface area contributed by atoms with Crippen LogP contribution >= 0.6 is 11.3 Å². The molecule has 0 radical (unpaired) electrons. The summed E-state index contributed by atoms with van der Waals surface area (Å²) in [5.74, 6) is -2.24. The normalized spacial score (nSPS) is 14.8. The van der Waals surface area contributed by atoms with Crippen molar-refractivity contribution >= 4 is 32.6 Å². The van der Waals surface area contributed by atoms with Gasteiger partial charge in [0.1, 0.15) is 17.2 Å². The van der Waals surface area contributed by atoms with Crippen molar-refractivity contribution in [3.8, 4) is 0 Å². The standard InChI is InChI=1S/C20H19F2N3OS/c1-12-6-7-16-18(13(12)2)23-20(27-16)25-10-8-24(9-11-25)19(26)17-14(21)4-3-5-15(17)22/h3-7H,8-11H2,1-2H3. The van der Waals surface area contributed by atoms with E-state index >= 15 is 0 Å². The van der Waals surface area contributed by atoms with Crippen molar-refractivity contribution < 1.29 is 13.6 Å². The number of hydrogen-bond acceptors (Lipinski definition) is 4. The van der Waals surface area contributed by atoms with E-state index in [0.29, 0.717) is 26.2 Å². The van der Waals surface area contributed by atoms with Crippen LogP contribution in [0.5, 0.6) is 0 Å². The van der Waals surface area contributed by atoms with Gasteiger partial charge in [0.05, 0.1) is 10.2 Å². The molecule has 1 amide bonds. The quantitative estimate of drug-likeness (QED) is 0.663. The van der Waals surface area contributed by atoms with Crippen LogP contribution in [0.2, 0.25) is 0 Å². The second-order valence-corrected chi connectivity index (χ2v) is 7.74. The Labute approximate surface area is 160 Å². The summed E-state index contributed by atoms with van der Waals surface area (Å²) in [5.41, 5.74) is 2.93. The van der Waals surface area contributed by atoms with Crippen LogP contribution in [0.1, 0.15) is 21.5 Å². The van der Waals surface area contributed by atoms with Crippen LogP contribution in [-0.2, 0) is 0 Å². The van der Waals surface area contributed by atoms with Gasteiger partial charge in [0.15, 0.2) is 5.13 Å². The van der Waals surface area contributed by atoms with Crippen LogP contribution in [0.3, 0.4) is 0 Å². The number of piperazine rings is 1. The van der Waals surface area contributed by atoms with Gasteiger partial charge in [-0.25, -0.2) is 13.8 Å². The van der Waals surface area contributed by atoms with Crippen LogP contribution < -0.4 is 4.90 Å². The zero-order valence-electron chi connectivity index (χ0n) is 15.1. The van der Waals surface area contributed by atoms with Crippen LogP contribution in [0.15, 0.2) is 30.3 Å². The molecular weight excluding hydrogens is 368 g/mol. The van der Waals surface area contributed by atoms with Gasteiger partial charge in [-0.15, -0.1) is 0 Å². The number of carbonyl (C=O) groups is 1. The van der Waals surface area contributed by atoms with Crippen molar-refractivity contribution in [2.24, 2.45) is 0 Å². The van der Waals surface area contributed by atoms with E-state index in [0.717, 1.165) is 27.5 Å². The average Bonchev–Trinajstić information content (AvgIpc) is 3.10. The van der Waals surface area contributed by atoms with Crippen molar-refractivity contribution in [3.63, 3.8) is 0 Å². The molecular formula is C20H19F2N3OS. The molecule has 1 aromatic heterocycles. The molecule has 27 heavy (non-hydrogen) atoms. The molecule has 0 aliphatic carbocycles. The molecule has 0 saturated carbocycles. The molecule has 140 valence electrons. The minimum Gasteiger partial charge on any atom is -0.345 e. The zero-order valence-corrected chi connectivity index (χ0v) is 15.9. The number of anilines is 1. The van der Waals surface area contributed by atoms with E-state index in [9.17, 15) is 13.6 Å². The number of amides is 1. The van der Waals surface area contributed by atoms with Gasteiger partial charge >= 0.3 is 0 Å². The smallest absolute Gasteiger partial charge is 0.259 e. The highest BCUT2D eigenvalue weighted by Crippen LogP contribution is 2.32. The number of aromatic nitrogens is 1. The van der Waals surface area contributed by atoms with Crippen LogP contribution in [-0.4, -0.2) is 42.0 Å². The first-order valence-electron chi connectivity index (χ1n) is 8.80. The number of hydrogen-bond donors (Lipinski definition) is 0. The maximum Gasteiger partial charge on any atom is 0.259 e. The van der Waals surface area contributed by atoms with E-state index in [2.05, 4.69) is 30.9 Å². The molecule has 1 fully saturated rings. The Hall–Kier alpha value is -2.54. The van der Waals surface area contributed by atoms with E-state index in [-0.39, 0.29) is 0 Å². The largest absolute Gasteiger partial charge is 0.345 e. The van der Waals surface area contributed by atoms with Gasteiger partial charge < -0.3 is 9.80 Å². The van der Waals surface area contributed by atoms with Crippen molar-refractivity contribution in [1.29, 1.82) is 0 Å². The molecule has 0 atom stereocenters. The maximum absolute atomic E-state index is 13.9. The second kappa shape index (κ2) is 6.88. The van der Waals surface area contributed by atoms with Crippen molar-refractivity contribution in [3.05, 3.63) is 58.7 Å². The minimum absolute atomic E-state index is 0.403. The number of thiazole rings is 1. The number of rotatable bonds is 2. The molecule has 0 spiro atoms. The lowest BCUT2D eigenvalue weighted by atomic mass is 10.1. The lowest BCUT2D eigenvalue weighted by Gasteiger charge is -2.34. The monoisotopic (exact) mass is 387 g/mol. The van der Waals surface area contributed by atoms with Crippen LogP contribution in [0.4, 0.5) is 13.9 Å². The number of fused-ring (bicyclic) bond motifs is 1. The molecule has 2 aromatic carbocycles. The number of carbonyl (C=O) groups excluding carboxylic acids is 1. The predicted molar refractivity (Wildman–Crippen MR) is 104 cm³/mol. The highest BCUT2D eigenvalue weighted by atomic mass is 32.1. The summed E-state index contributed by atoms with van der Waals surface area (Å²) in [6.45, 7) is 6.11. The Bertz CT molecular complexity index is 1010. The van der Waals surface area contributed by atoms with Crippen molar-refractivity contribution in [2.75, 3.05) is 31.1 Å². The Morgan fingerprint density at radius 1 is 1.04 bits per heavy atom. The Kier molecular flexibility index (Phi) is 4.55. The average molecular weight is 387 g/mol. The third kappa shape index (κ3) is 3.16. The summed E-state index contributed by atoms with van der Waals surface area (Å²) in [6, 6.07) is 7.66. The first-order valence-corrected chi connectivity index (χ1v) is 9.62. The summed E-state index contributed by atoms with van der Waals surface area (Å²) < 4.78 is 28.9. The second-order valence-electron chi connectivity index (χ2n) is 6.73. The summed E-state index contributed by atoms with van der Waals surface area (Å²) in [5, 5.41) is 0.919. The van der Waals surface area contributed by atoms with Crippen LogP contribution in [0.25, 0.3) is 10.2 Å². The van der Waals surface area contributed by atoms with Gasteiger partial charge in [-0.1, -0.05) is 23.5 Å². The van der Waals surface area contributed by atoms with Gasteiger partial charge in [0.2, 0.25) is 0 Å². The molecule has 0 unspecified atom stereocenters. The fourth-order valence-corrected chi connectivity index (χ4v) is 4.39. The lowest BCUT2D eigenvalue weighted by Crippen LogP contribution is -2.49. The molecule has 4 nitrogen and oxygen atoms in total. The molecule has 0 N–H and O–H groups in total. The predicted octanol–water partition coefficient (Wildman–Crippen LogP) is 4.15. The van der Waals surface area contributed by atoms with Gasteiger partial charge in [-0.3, -0.25) is 4.79 Å². The first-order chi connectivity index (χ1) is 13.0. The number of benzene rings is 2. The Morgan fingerprint density at radius 2 is 1.70 bits per heavy atom. The summed E-state index contributed by atoms with van der Waals surface area (Å²) >= 11 is 1.63. The fourth-order valence-electron chi connectivity index (χ4n) is 3.31. The SMILES string of the molecule is Cc1ccc2sc(N3CCN(C(=O)c4c(F)cccc4F)CC3)nc2c1C.